The van der Waals surface area contributed by atoms with Crippen LogP contribution in [0.25, 0.3) is 6.08 Å². The smallest absolute Gasteiger partial charge is 0.0602 e. The fourth-order valence-corrected chi connectivity index (χ4v) is 4.10. The van der Waals surface area contributed by atoms with Crippen molar-refractivity contribution in [2.75, 3.05) is 32.7 Å². The van der Waals surface area contributed by atoms with Crippen molar-refractivity contribution < 1.29 is 0 Å². The molecule has 1 saturated heterocycles. The summed E-state index contributed by atoms with van der Waals surface area (Å²) in [5, 5.41) is 0. The van der Waals surface area contributed by atoms with Gasteiger partial charge in [0.25, 0.3) is 0 Å². The van der Waals surface area contributed by atoms with Gasteiger partial charge < -0.3 is 0 Å². The molecule has 1 fully saturated rings. The van der Waals surface area contributed by atoms with Crippen molar-refractivity contribution in [3.05, 3.63) is 113 Å². The summed E-state index contributed by atoms with van der Waals surface area (Å²) in [5.74, 6) is 0. The molecule has 0 spiro atoms. The van der Waals surface area contributed by atoms with Crippen LogP contribution in [0.2, 0.25) is 0 Å². The van der Waals surface area contributed by atoms with Crippen molar-refractivity contribution in [3.63, 3.8) is 0 Å². The lowest BCUT2D eigenvalue weighted by Gasteiger charge is -2.39. The zero-order valence-electron chi connectivity index (χ0n) is 17.2. The van der Waals surface area contributed by atoms with Crippen molar-refractivity contribution in [1.29, 1.82) is 0 Å². The zero-order chi connectivity index (χ0) is 19.9. The highest BCUT2D eigenvalue weighted by molar-refractivity contribution is 5.49. The minimum Gasteiger partial charge on any atom is -0.297 e. The van der Waals surface area contributed by atoms with E-state index in [1.54, 1.807) is 0 Å². The van der Waals surface area contributed by atoms with Crippen molar-refractivity contribution in [1.82, 2.24) is 9.80 Å². The molecule has 2 nitrogen and oxygen atoms in total. The van der Waals surface area contributed by atoms with E-state index in [1.165, 1.54) is 22.3 Å². The average Bonchev–Trinajstić information content (AvgIpc) is 2.78. The molecule has 3 aromatic carbocycles. The first kappa shape index (κ1) is 19.6. The van der Waals surface area contributed by atoms with Gasteiger partial charge in [-0.05, 0) is 23.6 Å². The molecule has 0 unspecified atom stereocenters. The first-order valence-electron chi connectivity index (χ1n) is 10.6. The fourth-order valence-electron chi connectivity index (χ4n) is 4.10. The van der Waals surface area contributed by atoms with Gasteiger partial charge in [-0.2, -0.15) is 0 Å². The molecule has 0 aromatic heterocycles. The molecule has 0 aliphatic carbocycles. The number of hydrogen-bond donors (Lipinski definition) is 0. The summed E-state index contributed by atoms with van der Waals surface area (Å²) in [6.45, 7) is 7.54. The summed E-state index contributed by atoms with van der Waals surface area (Å²) in [7, 11) is 0. The van der Waals surface area contributed by atoms with Gasteiger partial charge in [0.15, 0.2) is 0 Å². The molecule has 148 valence electrons. The molecular formula is C27H30N2. The maximum absolute atomic E-state index is 2.63. The number of aryl methyl sites for hydroxylation is 1. The van der Waals surface area contributed by atoms with Crippen LogP contribution < -0.4 is 0 Å². The molecule has 4 rings (SSSR count). The van der Waals surface area contributed by atoms with Crippen LogP contribution in [0, 0.1) is 6.92 Å². The number of rotatable bonds is 6. The van der Waals surface area contributed by atoms with Crippen LogP contribution >= 0.6 is 0 Å². The molecule has 0 radical (unpaired) electrons. The fraction of sp³-hybridized carbons (Fsp3) is 0.259. The summed E-state index contributed by atoms with van der Waals surface area (Å²) >= 11 is 0. The molecule has 0 atom stereocenters. The lowest BCUT2D eigenvalue weighted by atomic mass is 9.96. The number of nitrogens with zero attached hydrogens (tertiary/aromatic N) is 2. The van der Waals surface area contributed by atoms with Crippen LogP contribution in [0.1, 0.15) is 28.3 Å². The third kappa shape index (κ3) is 5.23. The van der Waals surface area contributed by atoms with Crippen LogP contribution in [0.15, 0.2) is 91.0 Å². The maximum Gasteiger partial charge on any atom is 0.0602 e. The van der Waals surface area contributed by atoms with E-state index < -0.39 is 0 Å². The number of benzene rings is 3. The molecule has 1 aliphatic rings. The lowest BCUT2D eigenvalue weighted by molar-refractivity contribution is 0.118. The Kier molecular flexibility index (Phi) is 6.56. The van der Waals surface area contributed by atoms with Crippen LogP contribution in [0.5, 0.6) is 0 Å². The highest BCUT2D eigenvalue weighted by Gasteiger charge is 2.25. The Labute approximate surface area is 175 Å². The molecule has 1 aliphatic heterocycles. The highest BCUT2D eigenvalue weighted by atomic mass is 15.3. The maximum atomic E-state index is 2.63. The van der Waals surface area contributed by atoms with E-state index in [4.69, 9.17) is 0 Å². The van der Waals surface area contributed by atoms with Gasteiger partial charge in [-0.3, -0.25) is 9.80 Å². The molecular weight excluding hydrogens is 352 g/mol. The summed E-state index contributed by atoms with van der Waals surface area (Å²) in [4.78, 5) is 5.18. The SMILES string of the molecule is Cc1ccc(/C=C/CN2CCN(C(c3ccccc3)c3ccccc3)CC2)cc1. The van der Waals surface area contributed by atoms with Gasteiger partial charge in [0.2, 0.25) is 0 Å². The Balaban J connectivity index is 1.38. The van der Waals surface area contributed by atoms with Gasteiger partial charge >= 0.3 is 0 Å². The number of hydrogen-bond acceptors (Lipinski definition) is 2. The van der Waals surface area contributed by atoms with E-state index in [1.807, 2.05) is 0 Å². The Bertz CT molecular complexity index is 853. The second-order valence-electron chi connectivity index (χ2n) is 7.87. The average molecular weight is 383 g/mol. The van der Waals surface area contributed by atoms with Gasteiger partial charge in [0.05, 0.1) is 6.04 Å². The Morgan fingerprint density at radius 2 is 1.28 bits per heavy atom. The van der Waals surface area contributed by atoms with Crippen LogP contribution in [-0.2, 0) is 0 Å². The van der Waals surface area contributed by atoms with E-state index in [-0.39, 0.29) is 0 Å². The summed E-state index contributed by atoms with van der Waals surface area (Å²) < 4.78 is 0. The predicted molar refractivity (Wildman–Crippen MR) is 123 cm³/mol. The van der Waals surface area contributed by atoms with Crippen molar-refractivity contribution in [2.45, 2.75) is 13.0 Å². The molecule has 0 N–H and O–H groups in total. The molecule has 2 heteroatoms. The zero-order valence-corrected chi connectivity index (χ0v) is 17.2. The Morgan fingerprint density at radius 3 is 1.83 bits per heavy atom. The largest absolute Gasteiger partial charge is 0.297 e. The topological polar surface area (TPSA) is 6.48 Å². The van der Waals surface area contributed by atoms with Crippen LogP contribution in [0.4, 0.5) is 0 Å². The minimum atomic E-state index is 0.336. The normalized spacial score (nSPS) is 15.9. The van der Waals surface area contributed by atoms with Gasteiger partial charge in [0, 0.05) is 32.7 Å². The van der Waals surface area contributed by atoms with Crippen molar-refractivity contribution in [2.24, 2.45) is 0 Å². The molecule has 0 bridgehead atoms. The van der Waals surface area contributed by atoms with E-state index in [2.05, 4.69) is 114 Å². The second-order valence-corrected chi connectivity index (χ2v) is 7.87. The van der Waals surface area contributed by atoms with Gasteiger partial charge in [-0.25, -0.2) is 0 Å². The Hall–Kier alpha value is -2.68. The predicted octanol–water partition coefficient (Wildman–Crippen LogP) is 5.42. The highest BCUT2D eigenvalue weighted by Crippen LogP contribution is 2.29. The Morgan fingerprint density at radius 1 is 0.724 bits per heavy atom. The van der Waals surface area contributed by atoms with Gasteiger partial charge in [-0.15, -0.1) is 0 Å². The minimum absolute atomic E-state index is 0.336. The summed E-state index contributed by atoms with van der Waals surface area (Å²) in [5.41, 5.74) is 5.35. The van der Waals surface area contributed by atoms with E-state index in [0.717, 1.165) is 32.7 Å². The molecule has 29 heavy (non-hydrogen) atoms. The summed E-state index contributed by atoms with van der Waals surface area (Å²) in [6.07, 6.45) is 4.54. The van der Waals surface area contributed by atoms with Crippen LogP contribution in [0.3, 0.4) is 0 Å². The van der Waals surface area contributed by atoms with Crippen molar-refractivity contribution >= 4 is 6.08 Å². The molecule has 0 saturated carbocycles. The number of piperazine rings is 1. The molecule has 1 heterocycles. The van der Waals surface area contributed by atoms with E-state index >= 15 is 0 Å². The third-order valence-corrected chi connectivity index (χ3v) is 5.75. The standard InChI is InChI=1S/C27H30N2/c1-23-14-16-24(17-15-23)9-8-18-28-19-21-29(22-20-28)27(25-10-4-2-5-11-25)26-12-6-3-7-13-26/h2-17,27H,18-22H2,1H3/b9-8+. The monoisotopic (exact) mass is 382 g/mol. The molecule has 3 aromatic rings. The van der Waals surface area contributed by atoms with Gasteiger partial charge in [0.1, 0.15) is 0 Å². The van der Waals surface area contributed by atoms with Crippen LogP contribution in [-0.4, -0.2) is 42.5 Å². The second kappa shape index (κ2) is 9.69. The van der Waals surface area contributed by atoms with Gasteiger partial charge in [-0.1, -0.05) is 103 Å². The quantitative estimate of drug-likeness (QED) is 0.562. The summed E-state index contributed by atoms with van der Waals surface area (Å²) in [6, 6.07) is 30.9. The molecule has 0 amide bonds. The third-order valence-electron chi connectivity index (χ3n) is 5.75. The first-order chi connectivity index (χ1) is 14.3. The van der Waals surface area contributed by atoms with E-state index in [9.17, 15) is 0 Å². The first-order valence-corrected chi connectivity index (χ1v) is 10.6. The lowest BCUT2D eigenvalue weighted by Crippen LogP contribution is -2.47. The van der Waals surface area contributed by atoms with E-state index in [0.29, 0.717) is 6.04 Å². The van der Waals surface area contributed by atoms with Crippen molar-refractivity contribution in [3.8, 4) is 0 Å².